The Kier molecular flexibility index (Phi) is 9.20. The number of methoxy groups -OCH3 is 1. The highest BCUT2D eigenvalue weighted by Gasteiger charge is 2.49. The number of aromatic nitrogens is 5. The molecule has 0 bridgehead atoms. The molecule has 0 radical (unpaired) electrons. The highest BCUT2D eigenvalue weighted by Crippen LogP contribution is 2.44. The lowest BCUT2D eigenvalue weighted by Crippen LogP contribution is -2.55. The summed E-state index contributed by atoms with van der Waals surface area (Å²) >= 11 is 5.96. The van der Waals surface area contributed by atoms with Crippen LogP contribution in [0.4, 0.5) is 14.5 Å². The summed E-state index contributed by atoms with van der Waals surface area (Å²) in [6.07, 6.45) is 5.59. The molecule has 2 N–H and O–H groups in total. The predicted molar refractivity (Wildman–Crippen MR) is 182 cm³/mol. The molecule has 264 valence electrons. The van der Waals surface area contributed by atoms with Crippen LogP contribution in [0.5, 0.6) is 5.75 Å². The maximum atomic E-state index is 13.7. The van der Waals surface area contributed by atoms with Gasteiger partial charge in [-0.1, -0.05) is 31.5 Å². The molecule has 4 aromatic rings. The smallest absolute Gasteiger partial charge is 0.265 e. The van der Waals surface area contributed by atoms with Crippen molar-refractivity contribution in [2.45, 2.75) is 64.1 Å². The average molecular weight is 709 g/mol. The SMILES string of the molecule is COC[C@H]1CN(C2CC(F)(F)C2)CC[C@@H]1n1ncc2c(-c3ccc4c(c3)OCC(=O)N4Cc3ncc(Cl)cn3)c(C(N)=O)c(CC(C)C)nc21. The van der Waals surface area contributed by atoms with Gasteiger partial charge in [0.05, 0.1) is 47.4 Å². The number of fused-ring (bicyclic) bond motifs is 2. The van der Waals surface area contributed by atoms with Crippen molar-refractivity contribution in [1.82, 2.24) is 29.6 Å². The lowest BCUT2D eigenvalue weighted by Gasteiger charge is -2.47. The van der Waals surface area contributed by atoms with Crippen LogP contribution in [0.1, 0.15) is 61.0 Å². The molecule has 1 saturated heterocycles. The molecule has 3 aliphatic rings. The molecule has 1 saturated carbocycles. The summed E-state index contributed by atoms with van der Waals surface area (Å²) in [6.45, 7) is 5.70. The van der Waals surface area contributed by atoms with Gasteiger partial charge in [0.2, 0.25) is 0 Å². The Hall–Kier alpha value is -4.27. The summed E-state index contributed by atoms with van der Waals surface area (Å²) in [6, 6.07) is 5.15. The van der Waals surface area contributed by atoms with Crippen molar-refractivity contribution >= 4 is 40.1 Å². The lowest BCUT2D eigenvalue weighted by molar-refractivity contribution is -0.134. The minimum atomic E-state index is -2.59. The first-order valence-electron chi connectivity index (χ1n) is 16.8. The van der Waals surface area contributed by atoms with Gasteiger partial charge in [-0.2, -0.15) is 5.10 Å². The molecule has 1 aromatic carbocycles. The van der Waals surface area contributed by atoms with Crippen LogP contribution in [0.3, 0.4) is 0 Å². The zero-order valence-electron chi connectivity index (χ0n) is 28.1. The number of amides is 2. The summed E-state index contributed by atoms with van der Waals surface area (Å²) in [4.78, 5) is 43.5. The van der Waals surface area contributed by atoms with Crippen LogP contribution in [0.2, 0.25) is 5.02 Å². The highest BCUT2D eigenvalue weighted by atomic mass is 35.5. The molecular formula is C35H39ClF2N8O4. The number of likely N-dealkylation sites (tertiary alicyclic amines) is 1. The molecule has 1 aliphatic carbocycles. The van der Waals surface area contributed by atoms with Crippen LogP contribution < -0.4 is 15.4 Å². The van der Waals surface area contributed by atoms with Crippen molar-refractivity contribution in [2.75, 3.05) is 38.3 Å². The number of rotatable bonds is 10. The molecule has 2 amide bonds. The van der Waals surface area contributed by atoms with E-state index in [1.165, 1.54) is 12.4 Å². The van der Waals surface area contributed by atoms with E-state index in [-0.39, 0.29) is 55.8 Å². The van der Waals surface area contributed by atoms with Crippen LogP contribution >= 0.6 is 11.6 Å². The predicted octanol–water partition coefficient (Wildman–Crippen LogP) is 5.07. The van der Waals surface area contributed by atoms with Crippen molar-refractivity contribution in [2.24, 2.45) is 17.6 Å². The number of halogens is 3. The van der Waals surface area contributed by atoms with Crippen LogP contribution in [-0.2, 0) is 22.5 Å². The minimum Gasteiger partial charge on any atom is -0.482 e. The number of anilines is 1. The topological polar surface area (TPSA) is 142 Å². The van der Waals surface area contributed by atoms with E-state index in [1.807, 2.05) is 24.6 Å². The summed E-state index contributed by atoms with van der Waals surface area (Å²) < 4.78 is 40.9. The van der Waals surface area contributed by atoms with Crippen LogP contribution in [-0.4, -0.2) is 86.8 Å². The molecule has 5 heterocycles. The van der Waals surface area contributed by atoms with E-state index in [1.54, 1.807) is 30.3 Å². The van der Waals surface area contributed by atoms with Gasteiger partial charge < -0.3 is 15.2 Å². The fraction of sp³-hybridized carbons (Fsp3) is 0.486. The second-order valence-electron chi connectivity index (χ2n) is 13.9. The summed E-state index contributed by atoms with van der Waals surface area (Å²) in [7, 11) is 1.64. The second kappa shape index (κ2) is 13.5. The van der Waals surface area contributed by atoms with Crippen molar-refractivity contribution in [3.8, 4) is 16.9 Å². The molecule has 7 rings (SSSR count). The number of benzene rings is 1. The number of hydrogen-bond acceptors (Lipinski definition) is 9. The van der Waals surface area contributed by atoms with E-state index in [4.69, 9.17) is 36.9 Å². The van der Waals surface area contributed by atoms with Crippen molar-refractivity contribution in [3.05, 3.63) is 58.9 Å². The molecule has 2 fully saturated rings. The Morgan fingerprint density at radius 2 is 1.96 bits per heavy atom. The largest absolute Gasteiger partial charge is 0.482 e. The van der Waals surface area contributed by atoms with Crippen molar-refractivity contribution in [1.29, 1.82) is 0 Å². The fourth-order valence-corrected chi connectivity index (χ4v) is 7.61. The third kappa shape index (κ3) is 6.51. The molecule has 50 heavy (non-hydrogen) atoms. The van der Waals surface area contributed by atoms with Crippen LogP contribution in [0, 0.1) is 11.8 Å². The van der Waals surface area contributed by atoms with Gasteiger partial charge in [-0.3, -0.25) is 19.4 Å². The molecule has 2 aliphatic heterocycles. The highest BCUT2D eigenvalue weighted by molar-refractivity contribution is 6.30. The van der Waals surface area contributed by atoms with Gasteiger partial charge in [-0.15, -0.1) is 0 Å². The van der Waals surface area contributed by atoms with Gasteiger partial charge in [-0.05, 0) is 36.5 Å². The number of carbonyl (C=O) groups is 2. The zero-order valence-corrected chi connectivity index (χ0v) is 28.9. The van der Waals surface area contributed by atoms with Gasteiger partial charge >= 0.3 is 0 Å². The summed E-state index contributed by atoms with van der Waals surface area (Å²) in [5.74, 6) is -2.46. The first-order valence-corrected chi connectivity index (χ1v) is 17.1. The van der Waals surface area contributed by atoms with E-state index < -0.39 is 11.8 Å². The Labute approximate surface area is 292 Å². The monoisotopic (exact) mass is 708 g/mol. The van der Waals surface area contributed by atoms with E-state index >= 15 is 0 Å². The Morgan fingerprint density at radius 3 is 2.64 bits per heavy atom. The minimum absolute atomic E-state index is 0.0222. The van der Waals surface area contributed by atoms with Gasteiger partial charge in [0, 0.05) is 68.3 Å². The molecule has 0 unspecified atom stereocenters. The van der Waals surface area contributed by atoms with Gasteiger partial charge in [-0.25, -0.2) is 28.4 Å². The molecular weight excluding hydrogens is 670 g/mol. The van der Waals surface area contributed by atoms with Crippen molar-refractivity contribution < 1.29 is 27.8 Å². The molecule has 0 spiro atoms. The van der Waals surface area contributed by atoms with Crippen LogP contribution in [0.15, 0.2) is 36.8 Å². The number of hydrogen-bond donors (Lipinski definition) is 1. The third-order valence-corrected chi connectivity index (χ3v) is 10.0. The van der Waals surface area contributed by atoms with Gasteiger partial charge in [0.25, 0.3) is 17.7 Å². The van der Waals surface area contributed by atoms with Crippen LogP contribution in [0.25, 0.3) is 22.2 Å². The molecule has 12 nitrogen and oxygen atoms in total. The number of alkyl halides is 2. The Morgan fingerprint density at radius 1 is 1.20 bits per heavy atom. The van der Waals surface area contributed by atoms with E-state index in [2.05, 4.69) is 14.9 Å². The number of primary amides is 1. The van der Waals surface area contributed by atoms with E-state index in [9.17, 15) is 18.4 Å². The first kappa shape index (κ1) is 34.2. The van der Waals surface area contributed by atoms with Gasteiger partial charge in [0.15, 0.2) is 12.3 Å². The quantitative estimate of drug-likeness (QED) is 0.239. The average Bonchev–Trinajstić information content (AvgIpc) is 3.48. The maximum absolute atomic E-state index is 13.7. The molecule has 15 heteroatoms. The van der Waals surface area contributed by atoms with E-state index in [0.29, 0.717) is 88.2 Å². The molecule has 2 atom stereocenters. The first-order chi connectivity index (χ1) is 23.9. The van der Waals surface area contributed by atoms with E-state index in [0.717, 1.165) is 0 Å². The second-order valence-corrected chi connectivity index (χ2v) is 14.3. The fourth-order valence-electron chi connectivity index (χ4n) is 7.51. The summed E-state index contributed by atoms with van der Waals surface area (Å²) in [5.41, 5.74) is 9.33. The normalized spacial score (nSPS) is 20.9. The number of nitrogens with zero attached hydrogens (tertiary/aromatic N) is 7. The number of nitrogens with two attached hydrogens (primary N) is 1. The lowest BCUT2D eigenvalue weighted by atomic mass is 9.83. The number of pyridine rings is 1. The standard InChI is InChI=1S/C35H39ClF2N8O4/c1-19(2)8-25-32(33(39)48)31(20-4-5-27-28(9-20)50-18-30(47)45(27)16-29-40-12-22(36)13-41-29)24-14-42-46(34(24)43-25)26-6-7-44(15-21(26)17-49-3)23-10-35(37,38)11-23/h4-5,9,12-14,19,21,23,26H,6-8,10-11,15-18H2,1-3H3,(H2,39,48)/t21-,26+/m1/s1. The zero-order chi connectivity index (χ0) is 35.3. The number of ether oxygens (including phenoxy) is 2. The summed E-state index contributed by atoms with van der Waals surface area (Å²) in [5, 5.41) is 5.88. The Bertz CT molecular complexity index is 1930. The van der Waals surface area contributed by atoms with Crippen molar-refractivity contribution in [3.63, 3.8) is 0 Å². The Balaban J connectivity index is 1.30. The molecule has 3 aromatic heterocycles. The number of piperidine rings is 1. The third-order valence-electron chi connectivity index (χ3n) is 9.84. The number of carbonyl (C=O) groups excluding carboxylic acids is 2. The van der Waals surface area contributed by atoms with Gasteiger partial charge in [0.1, 0.15) is 11.6 Å². The maximum Gasteiger partial charge on any atom is 0.265 e.